The number of nitrogens with zero attached hydrogens (tertiary/aromatic N) is 2. The molecule has 20 heavy (non-hydrogen) atoms. The first-order chi connectivity index (χ1) is 9.78. The fraction of sp³-hybridized carbons (Fsp3) is 0.286. The first-order valence-electron chi connectivity index (χ1n) is 6.03. The summed E-state index contributed by atoms with van der Waals surface area (Å²) in [7, 11) is 0. The second-order valence-electron chi connectivity index (χ2n) is 3.79. The van der Waals surface area contributed by atoms with Crippen molar-refractivity contribution >= 4 is 23.3 Å². The van der Waals surface area contributed by atoms with E-state index in [1.807, 2.05) is 31.2 Å². The Labute approximate surface area is 126 Å². The van der Waals surface area contributed by atoms with Gasteiger partial charge in [-0.1, -0.05) is 23.6 Å². The second-order valence-corrected chi connectivity index (χ2v) is 5.88. The van der Waals surface area contributed by atoms with Crippen molar-refractivity contribution in [3.05, 3.63) is 35.7 Å². The number of hydrogen-bond acceptors (Lipinski definition) is 6. The lowest BCUT2D eigenvalue weighted by molar-refractivity contribution is 0.344. The number of aryl methyl sites for hydroxylation is 1. The molecule has 1 heterocycles. The van der Waals surface area contributed by atoms with Crippen LogP contribution >= 0.6 is 23.3 Å². The smallest absolute Gasteiger partial charge is 0.170 e. The lowest BCUT2D eigenvalue weighted by atomic mass is 10.2. The Hall–Kier alpha value is -1.55. The van der Waals surface area contributed by atoms with Crippen molar-refractivity contribution in [2.24, 2.45) is 0 Å². The molecule has 0 saturated heterocycles. The fourth-order valence-electron chi connectivity index (χ4n) is 1.40. The van der Waals surface area contributed by atoms with Crippen LogP contribution in [0.4, 0.5) is 0 Å². The number of ether oxygens (including phenoxy) is 1. The van der Waals surface area contributed by atoms with Crippen molar-refractivity contribution in [1.29, 1.82) is 0 Å². The maximum Gasteiger partial charge on any atom is 0.170 e. The molecule has 0 atom stereocenters. The average Bonchev–Trinajstić information content (AvgIpc) is 2.88. The van der Waals surface area contributed by atoms with E-state index in [4.69, 9.17) is 9.84 Å². The first kappa shape index (κ1) is 14.9. The van der Waals surface area contributed by atoms with Crippen LogP contribution in [0.5, 0.6) is 5.75 Å². The van der Waals surface area contributed by atoms with Gasteiger partial charge in [-0.15, -0.1) is 0 Å². The SMILES string of the molecule is Cc1nsc(SCCOc2ccc(C#CCO)cc2)n1. The summed E-state index contributed by atoms with van der Waals surface area (Å²) in [5, 5.41) is 8.61. The predicted octanol–water partition coefficient (Wildman–Crippen LogP) is 2.36. The summed E-state index contributed by atoms with van der Waals surface area (Å²) in [6, 6.07) is 7.50. The van der Waals surface area contributed by atoms with Gasteiger partial charge >= 0.3 is 0 Å². The van der Waals surface area contributed by atoms with E-state index < -0.39 is 0 Å². The van der Waals surface area contributed by atoms with Crippen LogP contribution in [0, 0.1) is 18.8 Å². The Morgan fingerprint density at radius 2 is 2.15 bits per heavy atom. The van der Waals surface area contributed by atoms with Gasteiger partial charge < -0.3 is 9.84 Å². The molecule has 0 aliphatic heterocycles. The van der Waals surface area contributed by atoms with Gasteiger partial charge in [-0.3, -0.25) is 0 Å². The standard InChI is InChI=1S/C14H14N2O2S2/c1-11-15-14(20-16-11)19-10-9-18-13-6-4-12(5-7-13)3-2-8-17/h4-7,17H,8-10H2,1H3. The molecule has 1 aromatic heterocycles. The number of hydrogen-bond donors (Lipinski definition) is 1. The summed E-state index contributed by atoms with van der Waals surface area (Å²) in [6.07, 6.45) is 0. The highest BCUT2D eigenvalue weighted by Crippen LogP contribution is 2.20. The van der Waals surface area contributed by atoms with Crippen molar-refractivity contribution in [3.63, 3.8) is 0 Å². The molecule has 0 unspecified atom stereocenters. The van der Waals surface area contributed by atoms with Gasteiger partial charge in [-0.05, 0) is 42.7 Å². The van der Waals surface area contributed by atoms with E-state index in [1.165, 1.54) is 11.5 Å². The van der Waals surface area contributed by atoms with Crippen LogP contribution in [0.1, 0.15) is 11.4 Å². The van der Waals surface area contributed by atoms with E-state index >= 15 is 0 Å². The summed E-state index contributed by atoms with van der Waals surface area (Å²) in [4.78, 5) is 4.27. The molecular formula is C14H14N2O2S2. The van der Waals surface area contributed by atoms with Gasteiger partial charge in [0.1, 0.15) is 18.2 Å². The second kappa shape index (κ2) is 7.90. The molecule has 0 aliphatic carbocycles. The molecule has 0 fully saturated rings. The minimum Gasteiger partial charge on any atom is -0.493 e. The number of thioether (sulfide) groups is 1. The molecule has 2 rings (SSSR count). The largest absolute Gasteiger partial charge is 0.493 e. The van der Waals surface area contributed by atoms with Crippen molar-refractivity contribution in [1.82, 2.24) is 9.36 Å². The van der Waals surface area contributed by atoms with Gasteiger partial charge in [-0.25, -0.2) is 4.98 Å². The summed E-state index contributed by atoms with van der Waals surface area (Å²) in [5.41, 5.74) is 0.866. The first-order valence-corrected chi connectivity index (χ1v) is 7.79. The van der Waals surface area contributed by atoms with Crippen molar-refractivity contribution in [3.8, 4) is 17.6 Å². The third kappa shape index (κ3) is 4.85. The monoisotopic (exact) mass is 306 g/mol. The van der Waals surface area contributed by atoms with E-state index in [0.29, 0.717) is 6.61 Å². The van der Waals surface area contributed by atoms with Gasteiger partial charge in [0.2, 0.25) is 0 Å². The molecule has 0 spiro atoms. The van der Waals surface area contributed by atoms with E-state index in [-0.39, 0.29) is 6.61 Å². The fourth-order valence-corrected chi connectivity index (χ4v) is 2.94. The van der Waals surface area contributed by atoms with Crippen molar-refractivity contribution in [2.75, 3.05) is 19.0 Å². The Kier molecular flexibility index (Phi) is 5.87. The van der Waals surface area contributed by atoms with Crippen molar-refractivity contribution in [2.45, 2.75) is 11.3 Å². The zero-order valence-corrected chi connectivity index (χ0v) is 12.6. The molecule has 0 bridgehead atoms. The maximum absolute atomic E-state index is 8.61. The quantitative estimate of drug-likeness (QED) is 0.522. The Balaban J connectivity index is 1.74. The Bertz CT molecular complexity index is 600. The van der Waals surface area contributed by atoms with Crippen LogP contribution in [-0.2, 0) is 0 Å². The van der Waals surface area contributed by atoms with E-state index in [2.05, 4.69) is 21.2 Å². The van der Waals surface area contributed by atoms with Crippen LogP contribution < -0.4 is 4.74 Å². The zero-order valence-electron chi connectivity index (χ0n) is 11.0. The molecule has 0 saturated carbocycles. The van der Waals surface area contributed by atoms with Crippen molar-refractivity contribution < 1.29 is 9.84 Å². The molecule has 104 valence electrons. The minimum atomic E-state index is -0.124. The normalized spacial score (nSPS) is 9.90. The number of rotatable bonds is 5. The highest BCUT2D eigenvalue weighted by molar-refractivity contribution is 8.00. The molecule has 0 aliphatic rings. The summed E-state index contributed by atoms with van der Waals surface area (Å²) in [5.74, 6) is 7.91. The van der Waals surface area contributed by atoms with Crippen LogP contribution in [-0.4, -0.2) is 33.4 Å². The summed E-state index contributed by atoms with van der Waals surface area (Å²) < 4.78 is 10.7. The summed E-state index contributed by atoms with van der Waals surface area (Å²) in [6.45, 7) is 2.38. The molecule has 0 radical (unpaired) electrons. The van der Waals surface area contributed by atoms with Crippen LogP contribution in [0.25, 0.3) is 0 Å². The predicted molar refractivity (Wildman–Crippen MR) is 81.3 cm³/mol. The van der Waals surface area contributed by atoms with E-state index in [1.54, 1.807) is 11.8 Å². The maximum atomic E-state index is 8.61. The lowest BCUT2D eigenvalue weighted by Crippen LogP contribution is -1.99. The molecule has 2 aromatic rings. The highest BCUT2D eigenvalue weighted by Gasteiger charge is 2.01. The lowest BCUT2D eigenvalue weighted by Gasteiger charge is -2.04. The number of benzene rings is 1. The third-order valence-electron chi connectivity index (χ3n) is 2.25. The number of aliphatic hydroxyl groups is 1. The topological polar surface area (TPSA) is 55.2 Å². The van der Waals surface area contributed by atoms with Gasteiger partial charge in [0, 0.05) is 11.3 Å². The highest BCUT2D eigenvalue weighted by atomic mass is 32.2. The van der Waals surface area contributed by atoms with Gasteiger partial charge in [0.25, 0.3) is 0 Å². The molecular weight excluding hydrogens is 292 g/mol. The molecule has 6 heteroatoms. The molecule has 1 aromatic carbocycles. The van der Waals surface area contributed by atoms with Gasteiger partial charge in [-0.2, -0.15) is 4.37 Å². The van der Waals surface area contributed by atoms with E-state index in [9.17, 15) is 0 Å². The average molecular weight is 306 g/mol. The van der Waals surface area contributed by atoms with Gasteiger partial charge in [0.05, 0.1) is 6.61 Å². The summed E-state index contributed by atoms with van der Waals surface area (Å²) >= 11 is 3.06. The number of aliphatic hydroxyl groups excluding tert-OH is 1. The molecule has 1 N–H and O–H groups in total. The number of aromatic nitrogens is 2. The van der Waals surface area contributed by atoms with Crippen LogP contribution in [0.3, 0.4) is 0 Å². The third-order valence-corrected chi connectivity index (χ3v) is 4.14. The van der Waals surface area contributed by atoms with Gasteiger partial charge in [0.15, 0.2) is 4.34 Å². The molecule has 4 nitrogen and oxygen atoms in total. The minimum absolute atomic E-state index is 0.124. The Morgan fingerprint density at radius 1 is 1.35 bits per heavy atom. The molecule has 0 amide bonds. The Morgan fingerprint density at radius 3 is 2.80 bits per heavy atom. The van der Waals surface area contributed by atoms with Crippen LogP contribution in [0.2, 0.25) is 0 Å². The van der Waals surface area contributed by atoms with E-state index in [0.717, 1.165) is 27.2 Å². The van der Waals surface area contributed by atoms with Crippen LogP contribution in [0.15, 0.2) is 28.6 Å². The zero-order chi connectivity index (χ0) is 14.2.